The molecule has 0 fully saturated rings. The van der Waals surface area contributed by atoms with Gasteiger partial charge in [0.2, 0.25) is 0 Å². The predicted molar refractivity (Wildman–Crippen MR) is 215 cm³/mol. The second kappa shape index (κ2) is 11.2. The summed E-state index contributed by atoms with van der Waals surface area (Å²) in [6.07, 6.45) is 0. The van der Waals surface area contributed by atoms with Crippen LogP contribution in [0.3, 0.4) is 0 Å². The molecule has 0 bridgehead atoms. The first-order chi connectivity index (χ1) is 25.8. The number of hydrogen-bond donors (Lipinski definition) is 0. The van der Waals surface area contributed by atoms with E-state index in [0.717, 1.165) is 83.2 Å². The van der Waals surface area contributed by atoms with Crippen molar-refractivity contribution < 1.29 is 8.83 Å². The van der Waals surface area contributed by atoms with E-state index in [-0.39, 0.29) is 0 Å². The van der Waals surface area contributed by atoms with Crippen LogP contribution in [0, 0.1) is 0 Å². The topological polar surface area (TPSA) is 34.5 Å². The van der Waals surface area contributed by atoms with Crippen LogP contribution in [0.5, 0.6) is 0 Å². The minimum atomic E-state index is 0.858. The highest BCUT2D eigenvalue weighted by molar-refractivity contribution is 6.15. The van der Waals surface area contributed by atoms with E-state index in [1.165, 1.54) is 16.3 Å². The first kappa shape index (κ1) is 28.8. The molecular weight excluding hydrogens is 637 g/mol. The molecule has 244 valence electrons. The first-order valence-corrected chi connectivity index (χ1v) is 17.6. The maximum absolute atomic E-state index is 6.42. The van der Waals surface area contributed by atoms with Crippen molar-refractivity contribution in [2.24, 2.45) is 0 Å². The van der Waals surface area contributed by atoms with Crippen molar-refractivity contribution in [3.8, 4) is 16.8 Å². The fraction of sp³-hybridized carbons (Fsp3) is 0. The molecule has 3 heterocycles. The standard InChI is InChI=1S/C48H30N2O2/c1-2-12-31(13-3-1)32-14-10-15-33(28-32)49(35-25-27-39-38-17-5-8-21-44(38)52-47(39)30-35)34-24-26-37-36-16-4-7-19-41(36)50(43(37)29-34)42-20-11-23-46-48(42)40-18-6-9-22-45(40)51-46/h1-30H. The van der Waals surface area contributed by atoms with Gasteiger partial charge in [0, 0.05) is 50.1 Å². The average molecular weight is 667 g/mol. The lowest BCUT2D eigenvalue weighted by molar-refractivity contribution is 0.668. The van der Waals surface area contributed by atoms with Crippen LogP contribution in [0.15, 0.2) is 191 Å². The summed E-state index contributed by atoms with van der Waals surface area (Å²) in [6.45, 7) is 0. The Balaban J connectivity index is 1.19. The zero-order valence-electron chi connectivity index (χ0n) is 28.0. The zero-order chi connectivity index (χ0) is 34.2. The van der Waals surface area contributed by atoms with Gasteiger partial charge in [-0.15, -0.1) is 0 Å². The summed E-state index contributed by atoms with van der Waals surface area (Å²) in [5.74, 6) is 0. The molecule has 0 radical (unpaired) electrons. The SMILES string of the molecule is c1ccc(-c2cccc(N(c3ccc4c(c3)oc3ccccc34)c3ccc4c5ccccc5n(-c5cccc6oc7ccccc7c56)c4c3)c2)cc1. The highest BCUT2D eigenvalue weighted by atomic mass is 16.3. The smallest absolute Gasteiger partial charge is 0.137 e. The molecule has 0 aliphatic rings. The molecule has 0 aliphatic heterocycles. The van der Waals surface area contributed by atoms with E-state index < -0.39 is 0 Å². The van der Waals surface area contributed by atoms with Crippen molar-refractivity contribution in [1.82, 2.24) is 4.57 Å². The van der Waals surface area contributed by atoms with E-state index in [9.17, 15) is 0 Å². The third-order valence-electron chi connectivity index (χ3n) is 10.4. The Kier molecular flexibility index (Phi) is 6.22. The summed E-state index contributed by atoms with van der Waals surface area (Å²) < 4.78 is 15.2. The Bertz CT molecular complexity index is 3150. The fourth-order valence-corrected chi connectivity index (χ4v) is 8.06. The van der Waals surface area contributed by atoms with Gasteiger partial charge >= 0.3 is 0 Å². The largest absolute Gasteiger partial charge is 0.456 e. The Labute approximate surface area is 299 Å². The number of hydrogen-bond acceptors (Lipinski definition) is 3. The van der Waals surface area contributed by atoms with Gasteiger partial charge in [0.15, 0.2) is 0 Å². The average Bonchev–Trinajstić information content (AvgIpc) is 3.88. The predicted octanol–water partition coefficient (Wildman–Crippen LogP) is 13.7. The van der Waals surface area contributed by atoms with Crippen molar-refractivity contribution >= 4 is 82.7 Å². The van der Waals surface area contributed by atoms with Crippen molar-refractivity contribution in [3.63, 3.8) is 0 Å². The van der Waals surface area contributed by atoms with E-state index in [2.05, 4.69) is 167 Å². The minimum absolute atomic E-state index is 0.858. The van der Waals surface area contributed by atoms with Crippen LogP contribution in [0.2, 0.25) is 0 Å². The summed E-state index contributed by atoms with van der Waals surface area (Å²) in [4.78, 5) is 2.34. The van der Waals surface area contributed by atoms with E-state index in [4.69, 9.17) is 8.83 Å². The molecular formula is C48H30N2O2. The number of fused-ring (bicyclic) bond motifs is 9. The number of para-hydroxylation sites is 3. The lowest BCUT2D eigenvalue weighted by Crippen LogP contribution is -2.10. The third kappa shape index (κ3) is 4.34. The highest BCUT2D eigenvalue weighted by Gasteiger charge is 2.21. The monoisotopic (exact) mass is 666 g/mol. The molecule has 0 amide bonds. The molecule has 4 nitrogen and oxygen atoms in total. The third-order valence-corrected chi connectivity index (χ3v) is 10.4. The summed E-state index contributed by atoms with van der Waals surface area (Å²) in [6, 6.07) is 64.3. The molecule has 8 aromatic carbocycles. The van der Waals surface area contributed by atoms with Crippen LogP contribution in [0.25, 0.3) is 82.5 Å². The number of nitrogens with zero attached hydrogens (tertiary/aromatic N) is 2. The fourth-order valence-electron chi connectivity index (χ4n) is 8.06. The summed E-state index contributed by atoms with van der Waals surface area (Å²) in [5, 5.41) is 6.83. The minimum Gasteiger partial charge on any atom is -0.456 e. The van der Waals surface area contributed by atoms with Crippen LogP contribution in [0.4, 0.5) is 17.1 Å². The summed E-state index contributed by atoms with van der Waals surface area (Å²) in [7, 11) is 0. The molecule has 0 N–H and O–H groups in total. The van der Waals surface area contributed by atoms with E-state index in [0.29, 0.717) is 0 Å². The highest BCUT2D eigenvalue weighted by Crippen LogP contribution is 2.43. The summed E-state index contributed by atoms with van der Waals surface area (Å²) in [5.41, 5.74) is 12.3. The van der Waals surface area contributed by atoms with Gasteiger partial charge < -0.3 is 18.3 Å². The lowest BCUT2D eigenvalue weighted by atomic mass is 10.0. The Morgan fingerprint density at radius 2 is 0.923 bits per heavy atom. The first-order valence-electron chi connectivity index (χ1n) is 17.6. The van der Waals surface area contributed by atoms with E-state index >= 15 is 0 Å². The maximum atomic E-state index is 6.42. The molecule has 0 aliphatic carbocycles. The van der Waals surface area contributed by atoms with Gasteiger partial charge in [-0.1, -0.05) is 109 Å². The molecule has 52 heavy (non-hydrogen) atoms. The van der Waals surface area contributed by atoms with Crippen LogP contribution >= 0.6 is 0 Å². The maximum Gasteiger partial charge on any atom is 0.137 e. The van der Waals surface area contributed by atoms with Gasteiger partial charge in [-0.3, -0.25) is 0 Å². The Morgan fingerprint density at radius 1 is 0.346 bits per heavy atom. The Hall–Kier alpha value is -7.04. The van der Waals surface area contributed by atoms with E-state index in [1.807, 2.05) is 24.3 Å². The molecule has 4 heteroatoms. The molecule has 0 saturated heterocycles. The van der Waals surface area contributed by atoms with Crippen molar-refractivity contribution in [1.29, 1.82) is 0 Å². The van der Waals surface area contributed by atoms with Crippen LogP contribution in [0.1, 0.15) is 0 Å². The number of rotatable bonds is 5. The van der Waals surface area contributed by atoms with Gasteiger partial charge in [0.05, 0.1) is 22.1 Å². The van der Waals surface area contributed by atoms with Crippen LogP contribution in [-0.4, -0.2) is 4.57 Å². The van der Waals surface area contributed by atoms with Crippen LogP contribution in [-0.2, 0) is 0 Å². The molecule has 0 saturated carbocycles. The van der Waals surface area contributed by atoms with Crippen LogP contribution < -0.4 is 4.90 Å². The number of anilines is 3. The summed E-state index contributed by atoms with van der Waals surface area (Å²) >= 11 is 0. The van der Waals surface area contributed by atoms with Gasteiger partial charge in [0.1, 0.15) is 22.3 Å². The zero-order valence-corrected chi connectivity index (χ0v) is 28.0. The van der Waals surface area contributed by atoms with Gasteiger partial charge in [0.25, 0.3) is 0 Å². The number of furan rings is 2. The molecule has 0 spiro atoms. The second-order valence-corrected chi connectivity index (χ2v) is 13.3. The number of aromatic nitrogens is 1. The molecule has 11 aromatic rings. The molecule has 11 rings (SSSR count). The second-order valence-electron chi connectivity index (χ2n) is 13.3. The van der Waals surface area contributed by atoms with Gasteiger partial charge in [-0.2, -0.15) is 0 Å². The quantitative estimate of drug-likeness (QED) is 0.183. The lowest BCUT2D eigenvalue weighted by Gasteiger charge is -2.26. The van der Waals surface area contributed by atoms with Gasteiger partial charge in [-0.05, 0) is 77.9 Å². The van der Waals surface area contributed by atoms with Crippen molar-refractivity contribution in [2.45, 2.75) is 0 Å². The van der Waals surface area contributed by atoms with E-state index in [1.54, 1.807) is 0 Å². The molecule has 3 aromatic heterocycles. The van der Waals surface area contributed by atoms with Gasteiger partial charge in [-0.25, -0.2) is 0 Å². The molecule has 0 atom stereocenters. The van der Waals surface area contributed by atoms with Crippen molar-refractivity contribution in [3.05, 3.63) is 182 Å². The number of benzene rings is 8. The Morgan fingerprint density at radius 3 is 1.79 bits per heavy atom. The molecule has 0 unspecified atom stereocenters. The normalized spacial score (nSPS) is 11.8. The van der Waals surface area contributed by atoms with Crippen molar-refractivity contribution in [2.75, 3.05) is 4.90 Å².